The van der Waals surface area contributed by atoms with E-state index in [1.54, 1.807) is 7.11 Å². The van der Waals surface area contributed by atoms with E-state index in [1.807, 2.05) is 12.1 Å². The third-order valence-electron chi connectivity index (χ3n) is 2.39. The van der Waals surface area contributed by atoms with Crippen LogP contribution in [0.25, 0.3) is 0 Å². The molecule has 0 amide bonds. The third-order valence-corrected chi connectivity index (χ3v) is 2.39. The Bertz CT molecular complexity index is 272. The summed E-state index contributed by atoms with van der Waals surface area (Å²) in [6.45, 7) is 6.23. The van der Waals surface area contributed by atoms with Crippen LogP contribution in [0.3, 0.4) is 0 Å². The maximum Gasteiger partial charge on any atom is 0.118 e. The molecule has 0 aliphatic rings. The van der Waals surface area contributed by atoms with E-state index in [1.165, 1.54) is 12.0 Å². The van der Waals surface area contributed by atoms with Crippen molar-refractivity contribution in [3.05, 3.63) is 29.8 Å². The molecule has 0 spiro atoms. The van der Waals surface area contributed by atoms with Crippen LogP contribution < -0.4 is 15.4 Å². The average Bonchev–Trinajstić information content (AvgIpc) is 2.34. The van der Waals surface area contributed by atoms with Gasteiger partial charge < -0.3 is 15.4 Å². The van der Waals surface area contributed by atoms with Crippen molar-refractivity contribution in [2.24, 2.45) is 0 Å². The third kappa shape index (κ3) is 5.14. The maximum atomic E-state index is 5.11. The molecule has 0 saturated carbocycles. The predicted molar refractivity (Wildman–Crippen MR) is 67.9 cm³/mol. The largest absolute Gasteiger partial charge is 0.497 e. The Morgan fingerprint density at radius 3 is 2.31 bits per heavy atom. The van der Waals surface area contributed by atoms with Crippen molar-refractivity contribution in [2.75, 3.05) is 26.7 Å². The van der Waals surface area contributed by atoms with Gasteiger partial charge in [0.25, 0.3) is 0 Å². The Balaban J connectivity index is 2.12. The number of benzene rings is 1. The second-order valence-corrected chi connectivity index (χ2v) is 3.77. The number of hydrogen-bond acceptors (Lipinski definition) is 3. The summed E-state index contributed by atoms with van der Waals surface area (Å²) in [4.78, 5) is 0. The molecular formula is C13H22N2O. The molecular weight excluding hydrogens is 200 g/mol. The molecule has 90 valence electrons. The van der Waals surface area contributed by atoms with Crippen molar-refractivity contribution in [3.8, 4) is 5.75 Å². The summed E-state index contributed by atoms with van der Waals surface area (Å²) in [6.07, 6.45) is 1.19. The van der Waals surface area contributed by atoms with Crippen LogP contribution >= 0.6 is 0 Å². The molecule has 1 aromatic carbocycles. The number of rotatable bonds is 8. The van der Waals surface area contributed by atoms with Crippen LogP contribution in [-0.2, 0) is 6.54 Å². The molecule has 2 N–H and O–H groups in total. The quantitative estimate of drug-likeness (QED) is 0.658. The minimum Gasteiger partial charge on any atom is -0.497 e. The standard InChI is InChI=1S/C13H22N2O/c1-3-8-14-9-10-15-11-12-4-6-13(16-2)7-5-12/h4-7,14-15H,3,8-11H2,1-2H3. The van der Waals surface area contributed by atoms with Gasteiger partial charge in [-0.15, -0.1) is 0 Å². The monoisotopic (exact) mass is 222 g/mol. The first-order valence-corrected chi connectivity index (χ1v) is 5.91. The zero-order valence-electron chi connectivity index (χ0n) is 10.3. The predicted octanol–water partition coefficient (Wildman–Crippen LogP) is 1.78. The first kappa shape index (κ1) is 13.0. The van der Waals surface area contributed by atoms with Crippen LogP contribution in [0.15, 0.2) is 24.3 Å². The lowest BCUT2D eigenvalue weighted by atomic mass is 10.2. The number of hydrogen-bond donors (Lipinski definition) is 2. The van der Waals surface area contributed by atoms with E-state index in [4.69, 9.17) is 4.74 Å². The van der Waals surface area contributed by atoms with Crippen LogP contribution in [-0.4, -0.2) is 26.7 Å². The summed E-state index contributed by atoms with van der Waals surface area (Å²) < 4.78 is 5.11. The second kappa shape index (κ2) is 8.13. The number of methoxy groups -OCH3 is 1. The molecule has 0 bridgehead atoms. The Labute approximate surface area is 98.2 Å². The SMILES string of the molecule is CCCNCCNCc1ccc(OC)cc1. The Morgan fingerprint density at radius 1 is 1.00 bits per heavy atom. The molecule has 0 fully saturated rings. The van der Waals surface area contributed by atoms with Crippen molar-refractivity contribution in [2.45, 2.75) is 19.9 Å². The van der Waals surface area contributed by atoms with Crippen LogP contribution in [0.5, 0.6) is 5.75 Å². The van der Waals surface area contributed by atoms with Crippen LogP contribution in [0.4, 0.5) is 0 Å². The molecule has 3 heteroatoms. The topological polar surface area (TPSA) is 33.3 Å². The normalized spacial score (nSPS) is 10.4. The van der Waals surface area contributed by atoms with Gasteiger partial charge in [-0.25, -0.2) is 0 Å². The minimum absolute atomic E-state index is 0.911. The van der Waals surface area contributed by atoms with Gasteiger partial charge in [-0.3, -0.25) is 0 Å². The highest BCUT2D eigenvalue weighted by molar-refractivity contribution is 5.26. The van der Waals surface area contributed by atoms with Crippen LogP contribution in [0, 0.1) is 0 Å². The molecule has 0 aliphatic heterocycles. The fourth-order valence-electron chi connectivity index (χ4n) is 1.45. The Hall–Kier alpha value is -1.06. The van der Waals surface area contributed by atoms with E-state index in [2.05, 4.69) is 29.7 Å². The lowest BCUT2D eigenvalue weighted by molar-refractivity contribution is 0.414. The number of ether oxygens (including phenoxy) is 1. The van der Waals surface area contributed by atoms with E-state index in [9.17, 15) is 0 Å². The molecule has 0 aromatic heterocycles. The number of nitrogens with one attached hydrogen (secondary N) is 2. The molecule has 0 aliphatic carbocycles. The first-order chi connectivity index (χ1) is 7.86. The molecule has 16 heavy (non-hydrogen) atoms. The Morgan fingerprint density at radius 2 is 1.69 bits per heavy atom. The van der Waals surface area contributed by atoms with E-state index in [0.29, 0.717) is 0 Å². The average molecular weight is 222 g/mol. The summed E-state index contributed by atoms with van der Waals surface area (Å²) in [5, 5.41) is 6.75. The summed E-state index contributed by atoms with van der Waals surface area (Å²) in [5.74, 6) is 0.911. The van der Waals surface area contributed by atoms with E-state index >= 15 is 0 Å². The fraction of sp³-hybridized carbons (Fsp3) is 0.538. The van der Waals surface area contributed by atoms with Crippen molar-refractivity contribution >= 4 is 0 Å². The van der Waals surface area contributed by atoms with Crippen LogP contribution in [0.1, 0.15) is 18.9 Å². The highest BCUT2D eigenvalue weighted by Gasteiger charge is 1.93. The van der Waals surface area contributed by atoms with Crippen molar-refractivity contribution in [1.29, 1.82) is 0 Å². The highest BCUT2D eigenvalue weighted by atomic mass is 16.5. The second-order valence-electron chi connectivity index (χ2n) is 3.77. The highest BCUT2D eigenvalue weighted by Crippen LogP contribution is 2.10. The van der Waals surface area contributed by atoms with Gasteiger partial charge in [0.15, 0.2) is 0 Å². The molecule has 0 radical (unpaired) electrons. The molecule has 1 aromatic rings. The molecule has 0 saturated heterocycles. The molecule has 0 heterocycles. The smallest absolute Gasteiger partial charge is 0.118 e. The van der Waals surface area contributed by atoms with E-state index in [-0.39, 0.29) is 0 Å². The van der Waals surface area contributed by atoms with Gasteiger partial charge in [0.05, 0.1) is 7.11 Å². The molecule has 1 rings (SSSR count). The summed E-state index contributed by atoms with van der Waals surface area (Å²) in [5.41, 5.74) is 1.29. The summed E-state index contributed by atoms with van der Waals surface area (Å²) >= 11 is 0. The zero-order valence-corrected chi connectivity index (χ0v) is 10.3. The summed E-state index contributed by atoms with van der Waals surface area (Å²) in [6, 6.07) is 8.16. The van der Waals surface area contributed by atoms with Gasteiger partial charge in [-0.1, -0.05) is 19.1 Å². The van der Waals surface area contributed by atoms with Crippen molar-refractivity contribution < 1.29 is 4.74 Å². The summed E-state index contributed by atoms with van der Waals surface area (Å²) in [7, 11) is 1.69. The maximum absolute atomic E-state index is 5.11. The van der Waals surface area contributed by atoms with Crippen molar-refractivity contribution in [1.82, 2.24) is 10.6 Å². The van der Waals surface area contributed by atoms with Gasteiger partial charge in [0.2, 0.25) is 0 Å². The van der Waals surface area contributed by atoms with Gasteiger partial charge in [0.1, 0.15) is 5.75 Å². The molecule has 0 atom stereocenters. The first-order valence-electron chi connectivity index (χ1n) is 5.91. The van der Waals surface area contributed by atoms with Gasteiger partial charge in [0, 0.05) is 19.6 Å². The lowest BCUT2D eigenvalue weighted by Gasteiger charge is -2.06. The Kier molecular flexibility index (Phi) is 6.61. The van der Waals surface area contributed by atoms with Gasteiger partial charge in [-0.2, -0.15) is 0 Å². The van der Waals surface area contributed by atoms with E-state index < -0.39 is 0 Å². The molecule has 0 unspecified atom stereocenters. The van der Waals surface area contributed by atoms with Crippen LogP contribution in [0.2, 0.25) is 0 Å². The van der Waals surface area contributed by atoms with E-state index in [0.717, 1.165) is 31.9 Å². The molecule has 3 nitrogen and oxygen atoms in total. The lowest BCUT2D eigenvalue weighted by Crippen LogP contribution is -2.27. The van der Waals surface area contributed by atoms with Gasteiger partial charge in [-0.05, 0) is 30.7 Å². The minimum atomic E-state index is 0.911. The zero-order chi connectivity index (χ0) is 11.6. The van der Waals surface area contributed by atoms with Crippen molar-refractivity contribution in [3.63, 3.8) is 0 Å². The van der Waals surface area contributed by atoms with Gasteiger partial charge >= 0.3 is 0 Å². The fourth-order valence-corrected chi connectivity index (χ4v) is 1.45.